The molecule has 0 fully saturated rings. The predicted molar refractivity (Wildman–Crippen MR) is 102 cm³/mol. The molecule has 0 aromatic carbocycles. The van der Waals surface area contributed by atoms with E-state index in [2.05, 4.69) is 24.5 Å². The van der Waals surface area contributed by atoms with Gasteiger partial charge in [0.15, 0.2) is 0 Å². The molecule has 0 saturated carbocycles. The maximum atomic E-state index is 12.5. The third-order valence-corrected chi connectivity index (χ3v) is 3.53. The van der Waals surface area contributed by atoms with Crippen LogP contribution in [0.15, 0.2) is 36.2 Å². The molecule has 0 aromatic rings. The molecule has 1 atom stereocenters. The zero-order valence-electron chi connectivity index (χ0n) is 15.9. The van der Waals surface area contributed by atoms with Gasteiger partial charge in [-0.05, 0) is 50.8 Å². The van der Waals surface area contributed by atoms with E-state index in [9.17, 15) is 9.59 Å². The van der Waals surface area contributed by atoms with E-state index in [1.807, 2.05) is 13.0 Å². The molecule has 0 aliphatic heterocycles. The molecular formula is C19H33N3O3. The number of nitrogens with one attached hydrogen (secondary N) is 2. The van der Waals surface area contributed by atoms with Crippen LogP contribution in [-0.2, 0) is 9.53 Å². The predicted octanol–water partition coefficient (Wildman–Crippen LogP) is 3.37. The van der Waals surface area contributed by atoms with Gasteiger partial charge in [0.25, 0.3) is 0 Å². The maximum absolute atomic E-state index is 12.5. The molecule has 6 heteroatoms. The third-order valence-electron chi connectivity index (χ3n) is 3.53. The summed E-state index contributed by atoms with van der Waals surface area (Å²) >= 11 is 0. The summed E-state index contributed by atoms with van der Waals surface area (Å²) in [6, 6.07) is -0.00273. The highest BCUT2D eigenvalue weighted by atomic mass is 16.5. The Labute approximate surface area is 151 Å². The minimum atomic E-state index is -0.483. The minimum absolute atomic E-state index is 0.00273. The average Bonchev–Trinajstić information content (AvgIpc) is 2.57. The second-order valence-electron chi connectivity index (χ2n) is 6.09. The van der Waals surface area contributed by atoms with Gasteiger partial charge in [-0.15, -0.1) is 0 Å². The van der Waals surface area contributed by atoms with Gasteiger partial charge in [0.05, 0.1) is 6.61 Å². The summed E-state index contributed by atoms with van der Waals surface area (Å²) in [6.07, 6.45) is 10.8. The molecule has 0 radical (unpaired) electrons. The smallest absolute Gasteiger partial charge is 0.411 e. The lowest BCUT2D eigenvalue weighted by atomic mass is 10.0. The molecule has 0 aromatic heterocycles. The number of rotatable bonds is 11. The van der Waals surface area contributed by atoms with Crippen molar-refractivity contribution in [2.45, 2.75) is 59.4 Å². The highest BCUT2D eigenvalue weighted by Crippen LogP contribution is 2.13. The first kappa shape index (κ1) is 22.8. The first-order valence-corrected chi connectivity index (χ1v) is 8.91. The average molecular weight is 351 g/mol. The van der Waals surface area contributed by atoms with Crippen LogP contribution in [0.3, 0.4) is 0 Å². The fourth-order valence-corrected chi connectivity index (χ4v) is 2.03. The van der Waals surface area contributed by atoms with E-state index in [-0.39, 0.29) is 11.9 Å². The van der Waals surface area contributed by atoms with E-state index < -0.39 is 6.09 Å². The third kappa shape index (κ3) is 11.9. The minimum Gasteiger partial charge on any atom is -0.450 e. The number of carbonyl (C=O) groups excluding carboxylic acids is 2. The van der Waals surface area contributed by atoms with Gasteiger partial charge in [0.1, 0.15) is 0 Å². The lowest BCUT2D eigenvalue weighted by molar-refractivity contribution is -0.118. The Hall–Kier alpha value is -2.24. The summed E-state index contributed by atoms with van der Waals surface area (Å²) in [5.74, 6) is 0.453. The van der Waals surface area contributed by atoms with Crippen LogP contribution in [0.2, 0.25) is 0 Å². The van der Waals surface area contributed by atoms with Gasteiger partial charge in [0.2, 0.25) is 5.91 Å². The van der Waals surface area contributed by atoms with Crippen LogP contribution in [0.4, 0.5) is 4.79 Å². The fraction of sp³-hybridized carbons (Fsp3) is 0.579. The van der Waals surface area contributed by atoms with Crippen molar-refractivity contribution in [3.8, 4) is 0 Å². The van der Waals surface area contributed by atoms with Gasteiger partial charge in [-0.3, -0.25) is 10.1 Å². The van der Waals surface area contributed by atoms with E-state index in [0.29, 0.717) is 25.4 Å². The van der Waals surface area contributed by atoms with Gasteiger partial charge >= 0.3 is 6.09 Å². The van der Waals surface area contributed by atoms with E-state index in [4.69, 9.17) is 10.5 Å². The van der Waals surface area contributed by atoms with Crippen LogP contribution >= 0.6 is 0 Å². The highest BCUT2D eigenvalue weighted by Gasteiger charge is 2.13. The molecule has 142 valence electrons. The van der Waals surface area contributed by atoms with E-state index in [1.54, 1.807) is 25.3 Å². The number of nitrogens with two attached hydrogens (primary N) is 1. The monoisotopic (exact) mass is 351 g/mol. The van der Waals surface area contributed by atoms with E-state index in [0.717, 1.165) is 18.4 Å². The molecule has 6 nitrogen and oxygen atoms in total. The molecule has 0 heterocycles. The van der Waals surface area contributed by atoms with Gasteiger partial charge in [0, 0.05) is 17.8 Å². The van der Waals surface area contributed by atoms with Gasteiger partial charge in [-0.25, -0.2) is 4.79 Å². The van der Waals surface area contributed by atoms with Crippen molar-refractivity contribution in [3.05, 3.63) is 36.2 Å². The number of alkyl carbamates (subject to hydrolysis) is 1. The summed E-state index contributed by atoms with van der Waals surface area (Å²) in [6.45, 7) is 8.34. The Kier molecular flexibility index (Phi) is 12.9. The quantitative estimate of drug-likeness (QED) is 0.393. The van der Waals surface area contributed by atoms with Crippen LogP contribution in [0.5, 0.6) is 0 Å². The van der Waals surface area contributed by atoms with Crippen LogP contribution < -0.4 is 16.4 Å². The number of allylic oxidation sites excluding steroid dienone is 2. The van der Waals surface area contributed by atoms with Crippen LogP contribution in [0.25, 0.3) is 0 Å². The van der Waals surface area contributed by atoms with Gasteiger partial charge in [-0.1, -0.05) is 32.9 Å². The first-order valence-electron chi connectivity index (χ1n) is 8.91. The SMILES string of the molecule is CCOC(=O)NC=CCC(CC)NC(=O)C(=CC=CN)CCC(C)C. The molecular weight excluding hydrogens is 318 g/mol. The maximum Gasteiger partial charge on any atom is 0.411 e. The number of hydrogen-bond donors (Lipinski definition) is 3. The molecule has 25 heavy (non-hydrogen) atoms. The molecule has 0 spiro atoms. The Morgan fingerprint density at radius 1 is 1.24 bits per heavy atom. The van der Waals surface area contributed by atoms with E-state index >= 15 is 0 Å². The normalized spacial score (nSPS) is 13.4. The molecule has 0 rings (SSSR count). The van der Waals surface area contributed by atoms with Gasteiger partial charge in [-0.2, -0.15) is 0 Å². The second kappa shape index (κ2) is 14.1. The lowest BCUT2D eigenvalue weighted by Crippen LogP contribution is -2.35. The lowest BCUT2D eigenvalue weighted by Gasteiger charge is -2.17. The van der Waals surface area contributed by atoms with Crippen molar-refractivity contribution in [1.82, 2.24) is 10.6 Å². The van der Waals surface area contributed by atoms with E-state index in [1.165, 1.54) is 6.20 Å². The number of ether oxygens (including phenoxy) is 1. The zero-order valence-corrected chi connectivity index (χ0v) is 15.9. The van der Waals surface area contributed by atoms with Crippen LogP contribution in [0, 0.1) is 5.92 Å². The standard InChI is InChI=1S/C19H33N3O3/c1-5-17(10-8-14-21-19(24)25-6-2)22-18(23)16(9-7-13-20)12-11-15(3)4/h7-9,13-15,17H,5-6,10-12,20H2,1-4H3,(H,21,24)(H,22,23). The molecule has 0 aliphatic rings. The summed E-state index contributed by atoms with van der Waals surface area (Å²) in [7, 11) is 0. The van der Waals surface area contributed by atoms with Crippen molar-refractivity contribution in [3.63, 3.8) is 0 Å². The molecule has 1 unspecified atom stereocenters. The summed E-state index contributed by atoms with van der Waals surface area (Å²) in [5.41, 5.74) is 6.10. The largest absolute Gasteiger partial charge is 0.450 e. The molecule has 0 aliphatic carbocycles. The Balaban J connectivity index is 4.60. The Morgan fingerprint density at radius 3 is 2.52 bits per heavy atom. The van der Waals surface area contributed by atoms with Crippen molar-refractivity contribution < 1.29 is 14.3 Å². The summed E-state index contributed by atoms with van der Waals surface area (Å²) in [5, 5.41) is 5.55. The first-order chi connectivity index (χ1) is 11.9. The van der Waals surface area contributed by atoms with Crippen molar-refractivity contribution in [2.75, 3.05) is 6.61 Å². The van der Waals surface area contributed by atoms with Crippen molar-refractivity contribution >= 4 is 12.0 Å². The number of hydrogen-bond acceptors (Lipinski definition) is 4. The highest BCUT2D eigenvalue weighted by molar-refractivity contribution is 5.93. The van der Waals surface area contributed by atoms with Crippen molar-refractivity contribution in [1.29, 1.82) is 0 Å². The zero-order chi connectivity index (χ0) is 19.1. The molecule has 4 N–H and O–H groups in total. The molecule has 0 bridgehead atoms. The summed E-state index contributed by atoms with van der Waals surface area (Å²) in [4.78, 5) is 23.7. The second-order valence-corrected chi connectivity index (χ2v) is 6.09. The molecule has 2 amide bonds. The van der Waals surface area contributed by atoms with Gasteiger partial charge < -0.3 is 15.8 Å². The molecule has 0 saturated heterocycles. The number of carbonyl (C=O) groups is 2. The number of amides is 2. The Morgan fingerprint density at radius 2 is 1.96 bits per heavy atom. The van der Waals surface area contributed by atoms with Crippen LogP contribution in [0.1, 0.15) is 53.4 Å². The fourth-order valence-electron chi connectivity index (χ4n) is 2.03. The Bertz CT molecular complexity index is 482. The van der Waals surface area contributed by atoms with Crippen LogP contribution in [-0.4, -0.2) is 24.6 Å². The topological polar surface area (TPSA) is 93.5 Å². The summed E-state index contributed by atoms with van der Waals surface area (Å²) < 4.78 is 4.76. The van der Waals surface area contributed by atoms with Crippen molar-refractivity contribution in [2.24, 2.45) is 11.7 Å².